The normalized spacial score (nSPS) is 12.9. The van der Waals surface area contributed by atoms with Crippen LogP contribution in [0.5, 0.6) is 0 Å². The molecule has 75 heavy (non-hydrogen) atoms. The molecule has 2 atom stereocenters. The Kier molecular flexibility index (Phi) is 62.5. The Morgan fingerprint density at radius 1 is 0.373 bits per heavy atom. The first-order valence-electron chi connectivity index (χ1n) is 33.4. The summed E-state index contributed by atoms with van der Waals surface area (Å²) < 4.78 is 5.48. The number of amides is 1. The van der Waals surface area contributed by atoms with Gasteiger partial charge >= 0.3 is 5.97 Å². The molecule has 3 N–H and O–H groups in total. The van der Waals surface area contributed by atoms with E-state index >= 15 is 0 Å². The maximum absolute atomic E-state index is 12.4. The monoisotopic (exact) mass is 1050 g/mol. The molecule has 1 amide bonds. The number of hydrogen-bond donors (Lipinski definition) is 3. The second-order valence-corrected chi connectivity index (χ2v) is 22.8. The summed E-state index contributed by atoms with van der Waals surface area (Å²) in [5.41, 5.74) is 0. The summed E-state index contributed by atoms with van der Waals surface area (Å²) in [6.07, 6.45) is 83.4. The molecule has 0 aromatic rings. The van der Waals surface area contributed by atoms with Gasteiger partial charge < -0.3 is 20.3 Å². The zero-order valence-corrected chi connectivity index (χ0v) is 50.3. The van der Waals surface area contributed by atoms with Gasteiger partial charge in [-0.15, -0.1) is 0 Å². The van der Waals surface area contributed by atoms with E-state index in [2.05, 4.69) is 55.6 Å². The summed E-state index contributed by atoms with van der Waals surface area (Å²) in [5.74, 6) is -0.0621. The van der Waals surface area contributed by atoms with E-state index in [0.717, 1.165) is 51.4 Å². The van der Waals surface area contributed by atoms with Gasteiger partial charge in [0.25, 0.3) is 0 Å². The number of aliphatic hydroxyl groups is 2. The van der Waals surface area contributed by atoms with Crippen LogP contribution in [0, 0.1) is 0 Å². The highest BCUT2D eigenvalue weighted by Gasteiger charge is 2.18. The first kappa shape index (κ1) is 72.8. The van der Waals surface area contributed by atoms with Gasteiger partial charge in [0.2, 0.25) is 5.91 Å². The molecule has 0 aliphatic heterocycles. The van der Waals surface area contributed by atoms with Crippen LogP contribution in [0.15, 0.2) is 48.6 Å². The standard InChI is InChI=1S/C69H129NO5/c1-3-5-7-9-11-13-15-16-36-40-43-47-51-55-59-63-69(74)75-64-60-56-52-48-44-41-38-35-33-31-29-27-25-23-21-19-17-18-20-22-24-26-28-30-32-34-37-39-42-46-50-54-58-62-68(73)70-66(65-71)67(72)61-57-53-49-45-14-12-10-8-6-4-2/h11,13,16,21,23,36,57,61,66-67,71-72H,3-10,12,14-15,17-20,22,24-35,37-56,58-60,62-65H2,1-2H3,(H,70,73)/b13-11-,23-21-,36-16-,61-57+. The number of carbonyl (C=O) groups excluding carboxylic acids is 2. The zero-order chi connectivity index (χ0) is 54.3. The number of nitrogens with one attached hydrogen (secondary N) is 1. The molecule has 440 valence electrons. The number of aliphatic hydroxyl groups excluding tert-OH is 2. The van der Waals surface area contributed by atoms with Crippen molar-refractivity contribution in [3.8, 4) is 0 Å². The molecule has 0 aromatic heterocycles. The lowest BCUT2D eigenvalue weighted by Gasteiger charge is -2.20. The number of esters is 1. The molecule has 0 heterocycles. The maximum atomic E-state index is 12.4. The van der Waals surface area contributed by atoms with Crippen molar-refractivity contribution < 1.29 is 24.5 Å². The van der Waals surface area contributed by atoms with E-state index in [0.29, 0.717) is 19.4 Å². The van der Waals surface area contributed by atoms with Crippen LogP contribution in [0.4, 0.5) is 0 Å². The fourth-order valence-electron chi connectivity index (χ4n) is 10.2. The van der Waals surface area contributed by atoms with Gasteiger partial charge in [-0.3, -0.25) is 9.59 Å². The first-order valence-corrected chi connectivity index (χ1v) is 33.4. The van der Waals surface area contributed by atoms with Crippen molar-refractivity contribution in [2.45, 2.75) is 366 Å². The third-order valence-electron chi connectivity index (χ3n) is 15.3. The second kappa shape index (κ2) is 64.3. The van der Waals surface area contributed by atoms with Crippen molar-refractivity contribution in [3.63, 3.8) is 0 Å². The van der Waals surface area contributed by atoms with Crippen molar-refractivity contribution >= 4 is 11.9 Å². The van der Waals surface area contributed by atoms with Gasteiger partial charge in [0, 0.05) is 12.8 Å². The van der Waals surface area contributed by atoms with E-state index < -0.39 is 12.1 Å². The molecule has 0 rings (SSSR count). The molecular weight excluding hydrogens is 923 g/mol. The average molecular weight is 1050 g/mol. The number of unbranched alkanes of at least 4 members (excludes halogenated alkanes) is 45. The Hall–Kier alpha value is -2.18. The van der Waals surface area contributed by atoms with Gasteiger partial charge in [-0.2, -0.15) is 0 Å². The zero-order valence-electron chi connectivity index (χ0n) is 50.3. The highest BCUT2D eigenvalue weighted by atomic mass is 16.5. The Labute approximate surface area is 467 Å². The first-order chi connectivity index (χ1) is 37.0. The van der Waals surface area contributed by atoms with Gasteiger partial charge in [-0.1, -0.05) is 300 Å². The van der Waals surface area contributed by atoms with Crippen LogP contribution in [-0.4, -0.2) is 47.4 Å². The number of carbonyl (C=O) groups is 2. The van der Waals surface area contributed by atoms with E-state index in [1.165, 1.54) is 276 Å². The van der Waals surface area contributed by atoms with Gasteiger partial charge in [-0.25, -0.2) is 0 Å². The van der Waals surface area contributed by atoms with Crippen LogP contribution < -0.4 is 5.32 Å². The fourth-order valence-corrected chi connectivity index (χ4v) is 10.2. The molecule has 2 unspecified atom stereocenters. The molecule has 0 saturated heterocycles. The van der Waals surface area contributed by atoms with Crippen molar-refractivity contribution in [1.29, 1.82) is 0 Å². The van der Waals surface area contributed by atoms with Gasteiger partial charge in [0.05, 0.1) is 25.4 Å². The van der Waals surface area contributed by atoms with Crippen molar-refractivity contribution in [1.82, 2.24) is 5.32 Å². The van der Waals surface area contributed by atoms with Crippen LogP contribution in [0.3, 0.4) is 0 Å². The largest absolute Gasteiger partial charge is 0.466 e. The van der Waals surface area contributed by atoms with E-state index in [1.807, 2.05) is 6.08 Å². The van der Waals surface area contributed by atoms with E-state index in [1.54, 1.807) is 6.08 Å². The molecule has 6 nitrogen and oxygen atoms in total. The van der Waals surface area contributed by atoms with Gasteiger partial charge in [0.15, 0.2) is 0 Å². The van der Waals surface area contributed by atoms with Crippen molar-refractivity contribution in [3.05, 3.63) is 48.6 Å². The predicted molar refractivity (Wildman–Crippen MR) is 329 cm³/mol. The van der Waals surface area contributed by atoms with Crippen LogP contribution in [0.2, 0.25) is 0 Å². The predicted octanol–water partition coefficient (Wildman–Crippen LogP) is 21.3. The molecule has 0 aliphatic rings. The summed E-state index contributed by atoms with van der Waals surface area (Å²) in [7, 11) is 0. The van der Waals surface area contributed by atoms with Crippen molar-refractivity contribution in [2.75, 3.05) is 13.2 Å². The number of ether oxygens (including phenoxy) is 1. The maximum Gasteiger partial charge on any atom is 0.305 e. The Morgan fingerprint density at radius 3 is 1.05 bits per heavy atom. The van der Waals surface area contributed by atoms with Gasteiger partial charge in [-0.05, 0) is 89.9 Å². The van der Waals surface area contributed by atoms with E-state index in [4.69, 9.17) is 4.74 Å². The van der Waals surface area contributed by atoms with E-state index in [9.17, 15) is 19.8 Å². The lowest BCUT2D eigenvalue weighted by Crippen LogP contribution is -2.45. The molecule has 0 fully saturated rings. The summed E-state index contributed by atoms with van der Waals surface area (Å²) in [6, 6.07) is -0.624. The SMILES string of the molecule is CCCCC/C=C\C/C=C\CCCCCCCC(=O)OCCCCCCCCCCCCCC/C=C\CCCCCCCCCCCCCCCCCCCC(=O)NC(CO)C(O)/C=C/CCCCCCCCCC. The highest BCUT2D eigenvalue weighted by molar-refractivity contribution is 5.76. The topological polar surface area (TPSA) is 95.9 Å². The summed E-state index contributed by atoms with van der Waals surface area (Å²) in [5, 5.41) is 23.0. The van der Waals surface area contributed by atoms with E-state index in [-0.39, 0.29) is 18.5 Å². The molecule has 6 heteroatoms. The lowest BCUT2D eigenvalue weighted by atomic mass is 10.0. The van der Waals surface area contributed by atoms with Crippen LogP contribution in [0.1, 0.15) is 354 Å². The quantitative estimate of drug-likeness (QED) is 0.0320. The molecule has 0 saturated carbocycles. The molecule has 0 aromatic carbocycles. The number of hydrogen-bond acceptors (Lipinski definition) is 5. The second-order valence-electron chi connectivity index (χ2n) is 22.8. The van der Waals surface area contributed by atoms with Crippen LogP contribution in [0.25, 0.3) is 0 Å². The third kappa shape index (κ3) is 60.9. The minimum absolute atomic E-state index is 0.00415. The summed E-state index contributed by atoms with van der Waals surface area (Å²) >= 11 is 0. The summed E-state index contributed by atoms with van der Waals surface area (Å²) in [6.45, 7) is 4.87. The Morgan fingerprint density at radius 2 is 0.667 bits per heavy atom. The number of rotatable bonds is 62. The summed E-state index contributed by atoms with van der Waals surface area (Å²) in [4.78, 5) is 24.5. The van der Waals surface area contributed by atoms with Gasteiger partial charge in [0.1, 0.15) is 0 Å². The average Bonchev–Trinajstić information content (AvgIpc) is 3.41. The minimum Gasteiger partial charge on any atom is -0.466 e. The van der Waals surface area contributed by atoms with Crippen LogP contribution >= 0.6 is 0 Å². The Bertz CT molecular complexity index is 1260. The highest BCUT2D eigenvalue weighted by Crippen LogP contribution is 2.17. The van der Waals surface area contributed by atoms with Crippen LogP contribution in [-0.2, 0) is 14.3 Å². The minimum atomic E-state index is -0.840. The smallest absolute Gasteiger partial charge is 0.305 e. The third-order valence-corrected chi connectivity index (χ3v) is 15.3. The molecular formula is C69H129NO5. The lowest BCUT2D eigenvalue weighted by molar-refractivity contribution is -0.143. The molecule has 0 spiro atoms. The molecule has 0 bridgehead atoms. The molecule has 0 radical (unpaired) electrons. The fraction of sp³-hybridized carbons (Fsp3) is 0.855. The number of allylic oxidation sites excluding steroid dienone is 7. The molecule has 0 aliphatic carbocycles. The Balaban J connectivity index is 3.34. The van der Waals surface area contributed by atoms with Crippen molar-refractivity contribution in [2.24, 2.45) is 0 Å².